The van der Waals surface area contributed by atoms with Gasteiger partial charge in [-0.1, -0.05) is 212 Å². The third-order valence-electron chi connectivity index (χ3n) is 11.3. The highest BCUT2D eigenvalue weighted by Gasteiger charge is 2.22. The Morgan fingerprint density at radius 3 is 1.34 bits per heavy atom. The highest BCUT2D eigenvalue weighted by molar-refractivity contribution is 6.02. The lowest BCUT2D eigenvalue weighted by Gasteiger charge is -2.30. The fraction of sp³-hybridized carbons (Fsp3) is 0. The third-order valence-corrected chi connectivity index (χ3v) is 11.3. The van der Waals surface area contributed by atoms with Crippen molar-refractivity contribution in [1.82, 2.24) is 0 Å². The first kappa shape index (κ1) is 35.7. The maximum atomic E-state index is 2.43. The van der Waals surface area contributed by atoms with E-state index in [4.69, 9.17) is 0 Å². The standard InChI is InChI=1S/C58H41N/c1-5-18-42(19-6-1)49-35-39-58(55(40-49)47-24-11-4-12-25-47)59(57-31-16-15-29-53(57)46-22-9-3-10-23-46)50-36-32-43(33-37-50)48-34-38-52(44-20-7-2-8-21-44)56(41-48)54-30-17-27-45-26-13-14-28-51(45)54/h1-41H. The monoisotopic (exact) mass is 751 g/mol. The number of para-hydroxylation sites is 1. The summed E-state index contributed by atoms with van der Waals surface area (Å²) >= 11 is 0. The molecule has 0 aliphatic rings. The van der Waals surface area contributed by atoms with E-state index in [2.05, 4.69) is 254 Å². The lowest BCUT2D eigenvalue weighted by molar-refractivity contribution is 1.28. The van der Waals surface area contributed by atoms with E-state index >= 15 is 0 Å². The van der Waals surface area contributed by atoms with Gasteiger partial charge in [-0.3, -0.25) is 0 Å². The van der Waals surface area contributed by atoms with E-state index in [1.807, 2.05) is 0 Å². The quantitative estimate of drug-likeness (QED) is 0.142. The number of anilines is 3. The van der Waals surface area contributed by atoms with Crippen LogP contribution in [0.25, 0.3) is 77.5 Å². The molecule has 10 aromatic rings. The molecule has 0 bridgehead atoms. The van der Waals surface area contributed by atoms with Gasteiger partial charge in [0.05, 0.1) is 11.4 Å². The topological polar surface area (TPSA) is 3.24 Å². The minimum atomic E-state index is 1.08. The van der Waals surface area contributed by atoms with Gasteiger partial charge in [0.15, 0.2) is 0 Å². The van der Waals surface area contributed by atoms with Crippen molar-refractivity contribution in [3.63, 3.8) is 0 Å². The smallest absolute Gasteiger partial charge is 0.0540 e. The van der Waals surface area contributed by atoms with Crippen LogP contribution < -0.4 is 4.90 Å². The molecule has 0 heterocycles. The molecule has 0 radical (unpaired) electrons. The predicted molar refractivity (Wildman–Crippen MR) is 251 cm³/mol. The molecule has 0 aliphatic carbocycles. The molecule has 0 N–H and O–H groups in total. The van der Waals surface area contributed by atoms with Crippen molar-refractivity contribution in [3.8, 4) is 66.8 Å². The number of nitrogens with zero attached hydrogens (tertiary/aromatic N) is 1. The molecule has 0 saturated heterocycles. The molecule has 278 valence electrons. The summed E-state index contributed by atoms with van der Waals surface area (Å²) < 4.78 is 0. The Bertz CT molecular complexity index is 3000. The fourth-order valence-electron chi connectivity index (χ4n) is 8.41. The van der Waals surface area contributed by atoms with Gasteiger partial charge >= 0.3 is 0 Å². The summed E-state index contributed by atoms with van der Waals surface area (Å²) in [5.74, 6) is 0. The van der Waals surface area contributed by atoms with Gasteiger partial charge in [0, 0.05) is 16.8 Å². The summed E-state index contributed by atoms with van der Waals surface area (Å²) in [4.78, 5) is 2.43. The Balaban J connectivity index is 1.14. The average molecular weight is 752 g/mol. The van der Waals surface area contributed by atoms with E-state index in [0.29, 0.717) is 0 Å². The first-order valence-electron chi connectivity index (χ1n) is 20.3. The van der Waals surface area contributed by atoms with Crippen LogP contribution in [0.2, 0.25) is 0 Å². The summed E-state index contributed by atoms with van der Waals surface area (Å²) in [5.41, 5.74) is 17.6. The minimum Gasteiger partial charge on any atom is -0.309 e. The molecule has 10 rings (SSSR count). The number of hydrogen-bond donors (Lipinski definition) is 0. The number of rotatable bonds is 9. The SMILES string of the molecule is c1ccc(-c2ccc(N(c3ccc(-c4ccc(-c5ccccc5)c(-c5cccc6ccccc56)c4)cc3)c3ccccc3-c3ccccc3)c(-c3ccccc3)c2)cc1. The van der Waals surface area contributed by atoms with Gasteiger partial charge < -0.3 is 4.90 Å². The second-order valence-corrected chi connectivity index (χ2v) is 14.9. The molecule has 0 saturated carbocycles. The zero-order valence-electron chi connectivity index (χ0n) is 32.6. The molecular formula is C58H41N. The molecule has 0 aromatic heterocycles. The lowest BCUT2D eigenvalue weighted by atomic mass is 9.89. The van der Waals surface area contributed by atoms with Crippen LogP contribution in [-0.2, 0) is 0 Å². The van der Waals surface area contributed by atoms with E-state index in [1.165, 1.54) is 66.4 Å². The molecule has 0 aliphatic heterocycles. The van der Waals surface area contributed by atoms with Crippen LogP contribution >= 0.6 is 0 Å². The summed E-state index contributed by atoms with van der Waals surface area (Å²) in [6, 6.07) is 89.9. The van der Waals surface area contributed by atoms with Crippen LogP contribution in [0, 0.1) is 0 Å². The molecule has 10 aromatic carbocycles. The van der Waals surface area contributed by atoms with Gasteiger partial charge in [-0.25, -0.2) is 0 Å². The summed E-state index contributed by atoms with van der Waals surface area (Å²) in [6.45, 7) is 0. The second kappa shape index (κ2) is 16.0. The molecule has 1 nitrogen and oxygen atoms in total. The van der Waals surface area contributed by atoms with Crippen LogP contribution in [0.5, 0.6) is 0 Å². The van der Waals surface area contributed by atoms with E-state index in [1.54, 1.807) is 0 Å². The highest BCUT2D eigenvalue weighted by atomic mass is 15.1. The van der Waals surface area contributed by atoms with Crippen LogP contribution in [0.1, 0.15) is 0 Å². The van der Waals surface area contributed by atoms with Crippen molar-refractivity contribution in [2.24, 2.45) is 0 Å². The largest absolute Gasteiger partial charge is 0.309 e. The van der Waals surface area contributed by atoms with Gasteiger partial charge in [0.1, 0.15) is 0 Å². The maximum Gasteiger partial charge on any atom is 0.0540 e. The van der Waals surface area contributed by atoms with E-state index in [9.17, 15) is 0 Å². The number of fused-ring (bicyclic) bond motifs is 1. The van der Waals surface area contributed by atoms with Crippen LogP contribution in [0.3, 0.4) is 0 Å². The summed E-state index contributed by atoms with van der Waals surface area (Å²) in [6.07, 6.45) is 0. The van der Waals surface area contributed by atoms with Gasteiger partial charge in [0.2, 0.25) is 0 Å². The van der Waals surface area contributed by atoms with Crippen molar-refractivity contribution >= 4 is 27.8 Å². The Labute approximate surface area is 346 Å². The Hall–Kier alpha value is -7.74. The molecule has 59 heavy (non-hydrogen) atoms. The Kier molecular flexibility index (Phi) is 9.68. The zero-order valence-corrected chi connectivity index (χ0v) is 32.6. The average Bonchev–Trinajstić information content (AvgIpc) is 3.33. The van der Waals surface area contributed by atoms with Gasteiger partial charge in [-0.05, 0) is 103 Å². The van der Waals surface area contributed by atoms with Crippen molar-refractivity contribution in [1.29, 1.82) is 0 Å². The van der Waals surface area contributed by atoms with Crippen LogP contribution in [0.15, 0.2) is 249 Å². The van der Waals surface area contributed by atoms with Gasteiger partial charge in [-0.2, -0.15) is 0 Å². The highest BCUT2D eigenvalue weighted by Crippen LogP contribution is 2.46. The normalized spacial score (nSPS) is 11.1. The van der Waals surface area contributed by atoms with Crippen molar-refractivity contribution in [2.75, 3.05) is 4.90 Å². The summed E-state index contributed by atoms with van der Waals surface area (Å²) in [5, 5.41) is 2.49. The predicted octanol–water partition coefficient (Wildman–Crippen LogP) is 16.3. The Morgan fingerprint density at radius 2 is 0.661 bits per heavy atom. The fourth-order valence-corrected chi connectivity index (χ4v) is 8.41. The van der Waals surface area contributed by atoms with Crippen LogP contribution in [0.4, 0.5) is 17.1 Å². The van der Waals surface area contributed by atoms with E-state index in [-0.39, 0.29) is 0 Å². The minimum absolute atomic E-state index is 1.08. The second-order valence-electron chi connectivity index (χ2n) is 14.9. The lowest BCUT2D eigenvalue weighted by Crippen LogP contribution is -2.12. The molecule has 0 spiro atoms. The number of hydrogen-bond acceptors (Lipinski definition) is 1. The molecule has 0 unspecified atom stereocenters. The summed E-state index contributed by atoms with van der Waals surface area (Å²) in [7, 11) is 0. The van der Waals surface area contributed by atoms with Gasteiger partial charge in [-0.15, -0.1) is 0 Å². The molecule has 0 atom stereocenters. The van der Waals surface area contributed by atoms with Gasteiger partial charge in [0.25, 0.3) is 0 Å². The first-order chi connectivity index (χ1) is 29.3. The maximum absolute atomic E-state index is 2.43. The number of benzene rings is 10. The molecular weight excluding hydrogens is 711 g/mol. The van der Waals surface area contributed by atoms with Crippen molar-refractivity contribution < 1.29 is 0 Å². The van der Waals surface area contributed by atoms with E-state index < -0.39 is 0 Å². The first-order valence-corrected chi connectivity index (χ1v) is 20.3. The Morgan fingerprint density at radius 1 is 0.220 bits per heavy atom. The van der Waals surface area contributed by atoms with Crippen LogP contribution in [-0.4, -0.2) is 0 Å². The van der Waals surface area contributed by atoms with E-state index in [0.717, 1.165) is 28.2 Å². The van der Waals surface area contributed by atoms with Crippen molar-refractivity contribution in [2.45, 2.75) is 0 Å². The molecule has 0 amide bonds. The molecule has 1 heteroatoms. The third kappa shape index (κ3) is 7.12. The zero-order chi connectivity index (χ0) is 39.4. The van der Waals surface area contributed by atoms with Crippen molar-refractivity contribution in [3.05, 3.63) is 249 Å². The molecule has 0 fully saturated rings.